The van der Waals surface area contributed by atoms with Crippen molar-refractivity contribution in [2.75, 3.05) is 17.6 Å². The van der Waals surface area contributed by atoms with Crippen LogP contribution in [0.1, 0.15) is 43.1 Å². The second kappa shape index (κ2) is 8.84. The summed E-state index contributed by atoms with van der Waals surface area (Å²) in [7, 11) is 0. The number of likely N-dealkylation sites (tertiary alicyclic amines) is 1. The van der Waals surface area contributed by atoms with Crippen LogP contribution in [0, 0.1) is 13.8 Å². The number of anilines is 3. The summed E-state index contributed by atoms with van der Waals surface area (Å²) in [6.45, 7) is 7.39. The molecule has 0 amide bonds. The van der Waals surface area contributed by atoms with Crippen LogP contribution in [-0.2, 0) is 5.75 Å². The van der Waals surface area contributed by atoms with Gasteiger partial charge in [-0.25, -0.2) is 0 Å². The summed E-state index contributed by atoms with van der Waals surface area (Å²) in [5.41, 5.74) is 9.20. The van der Waals surface area contributed by atoms with Gasteiger partial charge >= 0.3 is 0 Å². The van der Waals surface area contributed by atoms with Crippen molar-refractivity contribution in [3.05, 3.63) is 35.2 Å². The number of aromatic nitrogens is 3. The third-order valence-electron chi connectivity index (χ3n) is 4.69. The fourth-order valence-corrected chi connectivity index (χ4v) is 4.48. The summed E-state index contributed by atoms with van der Waals surface area (Å²) in [6, 6.07) is 6.69. The molecule has 1 aliphatic rings. The van der Waals surface area contributed by atoms with Crippen LogP contribution in [0.25, 0.3) is 0 Å². The van der Waals surface area contributed by atoms with Crippen LogP contribution in [0.5, 0.6) is 0 Å². The number of thioether (sulfide) groups is 1. The van der Waals surface area contributed by atoms with Gasteiger partial charge in [-0.15, -0.1) is 0 Å². The number of nitrogens with one attached hydrogen (secondary N) is 1. The maximum absolute atomic E-state index is 5.89. The normalized spacial score (nSPS) is 17.0. The summed E-state index contributed by atoms with van der Waals surface area (Å²) >= 11 is 7.21. The van der Waals surface area contributed by atoms with Crippen molar-refractivity contribution >= 4 is 45.9 Å². The molecular formula is C19H26N6S2. The zero-order valence-electron chi connectivity index (χ0n) is 16.0. The highest BCUT2D eigenvalue weighted by Gasteiger charge is 2.21. The van der Waals surface area contributed by atoms with Gasteiger partial charge in [-0.05, 0) is 51.7 Å². The van der Waals surface area contributed by atoms with Crippen LogP contribution in [-0.4, -0.2) is 36.8 Å². The van der Waals surface area contributed by atoms with E-state index in [0.717, 1.165) is 22.1 Å². The van der Waals surface area contributed by atoms with Gasteiger partial charge in [0.05, 0.1) is 5.75 Å². The zero-order valence-corrected chi connectivity index (χ0v) is 17.7. The van der Waals surface area contributed by atoms with Crippen molar-refractivity contribution in [2.24, 2.45) is 0 Å². The quantitative estimate of drug-likeness (QED) is 0.736. The molecule has 0 spiro atoms. The first-order chi connectivity index (χ1) is 12.9. The predicted octanol–water partition coefficient (Wildman–Crippen LogP) is 4.21. The van der Waals surface area contributed by atoms with Crippen molar-refractivity contribution in [1.29, 1.82) is 0 Å². The molecule has 1 fully saturated rings. The lowest BCUT2D eigenvalue weighted by atomic mass is 10.1. The summed E-state index contributed by atoms with van der Waals surface area (Å²) < 4.78 is 0.907. The third-order valence-corrected chi connectivity index (χ3v) is 6.16. The highest BCUT2D eigenvalue weighted by atomic mass is 32.2. The third kappa shape index (κ3) is 5.29. The Balaban J connectivity index is 1.67. The Morgan fingerprint density at radius 3 is 2.85 bits per heavy atom. The Morgan fingerprint density at radius 1 is 1.30 bits per heavy atom. The molecule has 1 atom stereocenters. The average molecular weight is 403 g/mol. The Kier molecular flexibility index (Phi) is 6.49. The molecule has 0 unspecified atom stereocenters. The van der Waals surface area contributed by atoms with Crippen LogP contribution < -0.4 is 11.1 Å². The van der Waals surface area contributed by atoms with E-state index in [1.807, 2.05) is 6.07 Å². The molecular weight excluding hydrogens is 376 g/mol. The van der Waals surface area contributed by atoms with Gasteiger partial charge in [-0.3, -0.25) is 0 Å². The molecule has 0 aliphatic carbocycles. The van der Waals surface area contributed by atoms with Crippen molar-refractivity contribution in [3.8, 4) is 0 Å². The SMILES string of the molecule is Cc1ccc(Nc2nc(N)nc(CSC(=S)N3CCCC[C@@H]3C)n2)c(C)c1. The molecule has 27 heavy (non-hydrogen) atoms. The minimum Gasteiger partial charge on any atom is -0.368 e. The number of benzene rings is 1. The first kappa shape index (κ1) is 19.8. The first-order valence-electron chi connectivity index (χ1n) is 9.20. The van der Waals surface area contributed by atoms with Gasteiger partial charge in [0.2, 0.25) is 11.9 Å². The van der Waals surface area contributed by atoms with Crippen LogP contribution in [0.3, 0.4) is 0 Å². The number of piperidine rings is 1. The van der Waals surface area contributed by atoms with Gasteiger partial charge in [-0.1, -0.05) is 41.7 Å². The number of hydrogen-bond acceptors (Lipinski definition) is 7. The molecule has 1 aromatic heterocycles. The number of thiocarbonyl (C=S) groups is 1. The second-order valence-corrected chi connectivity index (χ2v) is 8.58. The molecule has 0 bridgehead atoms. The van der Waals surface area contributed by atoms with Crippen LogP contribution in [0.4, 0.5) is 17.6 Å². The molecule has 0 saturated carbocycles. The number of nitrogens with zero attached hydrogens (tertiary/aromatic N) is 4. The van der Waals surface area contributed by atoms with E-state index >= 15 is 0 Å². The smallest absolute Gasteiger partial charge is 0.232 e. The van der Waals surface area contributed by atoms with E-state index < -0.39 is 0 Å². The fourth-order valence-electron chi connectivity index (χ4n) is 3.21. The van der Waals surface area contributed by atoms with Gasteiger partial charge in [0.1, 0.15) is 10.1 Å². The molecule has 0 radical (unpaired) electrons. The van der Waals surface area contributed by atoms with E-state index in [4.69, 9.17) is 18.0 Å². The zero-order chi connectivity index (χ0) is 19.4. The van der Waals surface area contributed by atoms with Crippen molar-refractivity contribution < 1.29 is 0 Å². The van der Waals surface area contributed by atoms with E-state index in [2.05, 4.69) is 58.1 Å². The summed E-state index contributed by atoms with van der Waals surface area (Å²) in [6.07, 6.45) is 3.68. The van der Waals surface area contributed by atoms with E-state index in [9.17, 15) is 0 Å². The monoisotopic (exact) mass is 402 g/mol. The van der Waals surface area contributed by atoms with Gasteiger partial charge in [0.15, 0.2) is 0 Å². The lowest BCUT2D eigenvalue weighted by molar-refractivity contribution is 0.267. The molecule has 1 aromatic carbocycles. The topological polar surface area (TPSA) is 80.0 Å². The largest absolute Gasteiger partial charge is 0.368 e. The van der Waals surface area contributed by atoms with E-state index in [0.29, 0.717) is 23.6 Å². The fraction of sp³-hybridized carbons (Fsp3) is 0.474. The number of hydrogen-bond donors (Lipinski definition) is 2. The summed E-state index contributed by atoms with van der Waals surface area (Å²) in [5.74, 6) is 1.88. The number of aryl methyl sites for hydroxylation is 2. The molecule has 1 saturated heterocycles. The van der Waals surface area contributed by atoms with E-state index in [1.165, 1.54) is 24.8 Å². The maximum Gasteiger partial charge on any atom is 0.232 e. The van der Waals surface area contributed by atoms with Gasteiger partial charge in [-0.2, -0.15) is 15.0 Å². The number of nitrogen functional groups attached to an aromatic ring is 1. The predicted molar refractivity (Wildman–Crippen MR) is 117 cm³/mol. The first-order valence-corrected chi connectivity index (χ1v) is 10.6. The lowest BCUT2D eigenvalue weighted by Crippen LogP contribution is -2.39. The Labute approximate surface area is 170 Å². The van der Waals surface area contributed by atoms with Gasteiger partial charge in [0, 0.05) is 18.3 Å². The molecule has 6 nitrogen and oxygen atoms in total. The summed E-state index contributed by atoms with van der Waals surface area (Å²) in [5, 5.41) is 3.24. The van der Waals surface area contributed by atoms with Crippen molar-refractivity contribution in [1.82, 2.24) is 19.9 Å². The van der Waals surface area contributed by atoms with Crippen molar-refractivity contribution in [2.45, 2.75) is 51.8 Å². The maximum atomic E-state index is 5.89. The van der Waals surface area contributed by atoms with Crippen LogP contribution in [0.15, 0.2) is 18.2 Å². The molecule has 8 heteroatoms. The molecule has 2 heterocycles. The van der Waals surface area contributed by atoms with Crippen molar-refractivity contribution in [3.63, 3.8) is 0 Å². The number of rotatable bonds is 4. The van der Waals surface area contributed by atoms with Gasteiger partial charge < -0.3 is 16.0 Å². The average Bonchev–Trinajstić information content (AvgIpc) is 2.62. The van der Waals surface area contributed by atoms with Crippen LogP contribution >= 0.6 is 24.0 Å². The Bertz CT molecular complexity index is 826. The second-order valence-electron chi connectivity index (χ2n) is 6.97. The van der Waals surface area contributed by atoms with Gasteiger partial charge in [0.25, 0.3) is 0 Å². The standard InChI is InChI=1S/C19H26N6S2/c1-12-7-8-15(13(2)10-12)21-18-23-16(22-17(20)24-18)11-27-19(26)25-9-5-4-6-14(25)3/h7-8,10,14H,4-6,9,11H2,1-3H3,(H3,20,21,22,23,24)/t14-/m0/s1. The van der Waals surface area contributed by atoms with Crippen LogP contribution in [0.2, 0.25) is 0 Å². The highest BCUT2D eigenvalue weighted by Crippen LogP contribution is 2.24. The molecule has 144 valence electrons. The number of nitrogens with two attached hydrogens (primary N) is 1. The Hall–Kier alpha value is -1.93. The highest BCUT2D eigenvalue weighted by molar-refractivity contribution is 8.22. The molecule has 2 aromatic rings. The van der Waals surface area contributed by atoms with E-state index in [1.54, 1.807) is 11.8 Å². The molecule has 3 rings (SSSR count). The minimum atomic E-state index is 0.213. The Morgan fingerprint density at radius 2 is 2.11 bits per heavy atom. The lowest BCUT2D eigenvalue weighted by Gasteiger charge is -2.35. The molecule has 3 N–H and O–H groups in total. The summed E-state index contributed by atoms with van der Waals surface area (Å²) in [4.78, 5) is 15.3. The minimum absolute atomic E-state index is 0.213. The molecule has 1 aliphatic heterocycles. The van der Waals surface area contributed by atoms with E-state index in [-0.39, 0.29) is 5.95 Å².